The quantitative estimate of drug-likeness (QED) is 0.128. The van der Waals surface area contributed by atoms with Gasteiger partial charge in [0.1, 0.15) is 0 Å². The minimum atomic E-state index is -1.61. The molecule has 0 atom stereocenters. The number of hydrogen-bond acceptors (Lipinski definition) is 3. The zero-order valence-electron chi connectivity index (χ0n) is 47.4. The molecular weight excluding hydrogens is 915 g/mol. The Kier molecular flexibility index (Phi) is 14.3. The van der Waals surface area contributed by atoms with E-state index in [0.717, 1.165) is 61.8 Å². The molecule has 8 rings (SSSR count). The Hall–Kier alpha value is -6.15. The Morgan fingerprint density at radius 1 is 0.329 bits per heavy atom. The van der Waals surface area contributed by atoms with Crippen molar-refractivity contribution in [3.05, 3.63) is 186 Å². The SMILES string of the molecule is CC(C)(C)c1cc(-c2cc(-c3ccc([Si](C)(C)C)cn3)cc(N(c3cc(-c4cc(C(C)(C)C)cc(C(C)(C)C)c4)cc(-c4ccc([Si](C)(C)C)cn4)c3)c3ccccc3-c3ccccc3)c2)cc(C(C)(C)C)c1. The number of para-hydroxylation sites is 1. The molecule has 73 heavy (non-hydrogen) atoms. The van der Waals surface area contributed by atoms with E-state index < -0.39 is 16.1 Å². The van der Waals surface area contributed by atoms with Crippen LogP contribution in [0, 0.1) is 0 Å². The third-order valence-electron chi connectivity index (χ3n) is 14.4. The maximum atomic E-state index is 5.27. The van der Waals surface area contributed by atoms with Crippen molar-refractivity contribution in [2.45, 2.75) is 144 Å². The van der Waals surface area contributed by atoms with Crippen LogP contribution in [-0.4, -0.2) is 26.1 Å². The Bertz CT molecular complexity index is 3010. The van der Waals surface area contributed by atoms with Crippen LogP contribution in [0.15, 0.2) is 164 Å². The van der Waals surface area contributed by atoms with Crippen molar-refractivity contribution in [1.82, 2.24) is 9.97 Å². The Morgan fingerprint density at radius 2 is 0.671 bits per heavy atom. The van der Waals surface area contributed by atoms with Crippen molar-refractivity contribution in [2.75, 3.05) is 4.90 Å². The van der Waals surface area contributed by atoms with Crippen molar-refractivity contribution in [3.8, 4) is 55.9 Å². The number of nitrogens with zero attached hydrogens (tertiary/aromatic N) is 3. The summed E-state index contributed by atoms with van der Waals surface area (Å²) in [7, 11) is -3.21. The summed E-state index contributed by atoms with van der Waals surface area (Å²) in [6.07, 6.45) is 4.25. The fraction of sp³-hybridized carbons (Fsp3) is 0.324. The summed E-state index contributed by atoms with van der Waals surface area (Å²) in [5.41, 5.74) is 19.3. The number of benzene rings is 6. The maximum absolute atomic E-state index is 5.27. The van der Waals surface area contributed by atoms with Gasteiger partial charge in [0, 0.05) is 40.5 Å². The van der Waals surface area contributed by atoms with Crippen LogP contribution in [-0.2, 0) is 21.7 Å². The lowest BCUT2D eigenvalue weighted by Crippen LogP contribution is -2.37. The van der Waals surface area contributed by atoms with Crippen LogP contribution in [0.5, 0.6) is 0 Å². The molecule has 0 radical (unpaired) electrons. The van der Waals surface area contributed by atoms with E-state index in [4.69, 9.17) is 9.97 Å². The smallest absolute Gasteiger partial charge is 0.0796 e. The second-order valence-electron chi connectivity index (χ2n) is 26.7. The molecule has 2 aromatic heterocycles. The molecule has 0 saturated carbocycles. The van der Waals surface area contributed by atoms with Crippen LogP contribution in [0.3, 0.4) is 0 Å². The zero-order valence-corrected chi connectivity index (χ0v) is 49.4. The first-order chi connectivity index (χ1) is 33.9. The molecule has 2 heterocycles. The minimum absolute atomic E-state index is 0.0549. The predicted octanol–water partition coefficient (Wildman–Crippen LogP) is 18.6. The van der Waals surface area contributed by atoms with Crippen molar-refractivity contribution in [3.63, 3.8) is 0 Å². The average Bonchev–Trinajstić information content (AvgIpc) is 3.32. The van der Waals surface area contributed by atoms with Crippen LogP contribution >= 0.6 is 0 Å². The van der Waals surface area contributed by atoms with Gasteiger partial charge in [0.25, 0.3) is 0 Å². The van der Waals surface area contributed by atoms with Crippen molar-refractivity contribution in [1.29, 1.82) is 0 Å². The van der Waals surface area contributed by atoms with Gasteiger partial charge in [0.15, 0.2) is 0 Å². The van der Waals surface area contributed by atoms with Gasteiger partial charge in [0.05, 0.1) is 33.2 Å². The third-order valence-corrected chi connectivity index (χ3v) is 18.5. The zero-order chi connectivity index (χ0) is 53.1. The molecular formula is C68H81N3Si2. The second kappa shape index (κ2) is 19.6. The number of anilines is 3. The van der Waals surface area contributed by atoms with Gasteiger partial charge in [-0.3, -0.25) is 9.97 Å². The van der Waals surface area contributed by atoms with Gasteiger partial charge < -0.3 is 4.90 Å². The molecule has 5 heteroatoms. The highest BCUT2D eigenvalue weighted by Gasteiger charge is 2.27. The monoisotopic (exact) mass is 996 g/mol. The highest BCUT2D eigenvalue weighted by Crippen LogP contribution is 2.47. The molecule has 0 aliphatic carbocycles. The van der Waals surface area contributed by atoms with Crippen LogP contribution < -0.4 is 15.3 Å². The lowest BCUT2D eigenvalue weighted by atomic mass is 9.78. The predicted molar refractivity (Wildman–Crippen MR) is 325 cm³/mol. The van der Waals surface area contributed by atoms with Gasteiger partial charge in [-0.15, -0.1) is 0 Å². The molecule has 376 valence electrons. The number of rotatable bonds is 10. The van der Waals surface area contributed by atoms with E-state index in [1.54, 1.807) is 0 Å². The molecule has 0 fully saturated rings. The minimum Gasteiger partial charge on any atom is -0.310 e. The van der Waals surface area contributed by atoms with Crippen molar-refractivity contribution in [2.24, 2.45) is 0 Å². The first-order valence-electron chi connectivity index (χ1n) is 26.4. The molecule has 0 N–H and O–H groups in total. The average molecular weight is 997 g/mol. The van der Waals surface area contributed by atoms with E-state index in [1.165, 1.54) is 43.8 Å². The molecule has 0 saturated heterocycles. The van der Waals surface area contributed by atoms with E-state index in [2.05, 4.69) is 291 Å². The summed E-state index contributed by atoms with van der Waals surface area (Å²) < 4.78 is 0. The Morgan fingerprint density at radius 3 is 1.01 bits per heavy atom. The molecule has 0 spiro atoms. The fourth-order valence-corrected chi connectivity index (χ4v) is 11.5. The van der Waals surface area contributed by atoms with E-state index in [1.807, 2.05) is 0 Å². The lowest BCUT2D eigenvalue weighted by Gasteiger charge is -2.31. The van der Waals surface area contributed by atoms with Gasteiger partial charge in [-0.1, -0.05) is 219 Å². The van der Waals surface area contributed by atoms with E-state index in [-0.39, 0.29) is 21.7 Å². The van der Waals surface area contributed by atoms with Gasteiger partial charge in [-0.05, 0) is 137 Å². The highest BCUT2D eigenvalue weighted by atomic mass is 28.3. The lowest BCUT2D eigenvalue weighted by molar-refractivity contribution is 0.568. The largest absolute Gasteiger partial charge is 0.310 e. The van der Waals surface area contributed by atoms with E-state index >= 15 is 0 Å². The van der Waals surface area contributed by atoms with Crippen LogP contribution in [0.2, 0.25) is 39.3 Å². The van der Waals surface area contributed by atoms with Gasteiger partial charge >= 0.3 is 0 Å². The molecule has 0 amide bonds. The van der Waals surface area contributed by atoms with Crippen molar-refractivity contribution >= 4 is 43.6 Å². The number of aromatic nitrogens is 2. The topological polar surface area (TPSA) is 29.0 Å². The van der Waals surface area contributed by atoms with Crippen LogP contribution in [0.1, 0.15) is 105 Å². The van der Waals surface area contributed by atoms with Gasteiger partial charge in [0.2, 0.25) is 0 Å². The molecule has 0 unspecified atom stereocenters. The molecule has 6 aromatic carbocycles. The first-order valence-corrected chi connectivity index (χ1v) is 33.4. The van der Waals surface area contributed by atoms with Crippen LogP contribution in [0.25, 0.3) is 55.9 Å². The van der Waals surface area contributed by atoms with Crippen molar-refractivity contribution < 1.29 is 0 Å². The summed E-state index contributed by atoms with van der Waals surface area (Å²) >= 11 is 0. The number of hydrogen-bond donors (Lipinski definition) is 0. The summed E-state index contributed by atoms with van der Waals surface area (Å²) in [6.45, 7) is 42.3. The molecule has 0 aliphatic heterocycles. The van der Waals surface area contributed by atoms with E-state index in [9.17, 15) is 0 Å². The Balaban J connectivity index is 1.51. The first kappa shape index (κ1) is 53.2. The Labute approximate surface area is 442 Å². The third kappa shape index (κ3) is 12.1. The number of pyridine rings is 2. The normalized spacial score (nSPS) is 12.8. The van der Waals surface area contributed by atoms with Gasteiger partial charge in [-0.2, -0.15) is 0 Å². The summed E-state index contributed by atoms with van der Waals surface area (Å²) in [4.78, 5) is 13.1. The molecule has 3 nitrogen and oxygen atoms in total. The van der Waals surface area contributed by atoms with Gasteiger partial charge in [-0.25, -0.2) is 0 Å². The second-order valence-corrected chi connectivity index (χ2v) is 36.9. The van der Waals surface area contributed by atoms with Crippen LogP contribution in [0.4, 0.5) is 17.1 Å². The molecule has 8 aromatic rings. The highest BCUT2D eigenvalue weighted by molar-refractivity contribution is 6.89. The van der Waals surface area contributed by atoms with E-state index in [0.29, 0.717) is 0 Å². The maximum Gasteiger partial charge on any atom is 0.0796 e. The summed E-state index contributed by atoms with van der Waals surface area (Å²) in [5, 5.41) is 2.69. The summed E-state index contributed by atoms with van der Waals surface area (Å²) in [5.74, 6) is 0. The molecule has 0 aliphatic rings. The fourth-order valence-electron chi connectivity index (χ4n) is 9.40. The standard InChI is InChI=1S/C68H81N3Si2/c1-65(2,3)53-34-49(35-54(42-53)66(4,5)6)47-32-51(62-30-28-59(44-69-62)72(13,14)15)40-57(38-47)71(64-27-23-22-26-61(64)46-24-20-19-21-25-46)58-39-48(33-52(41-58)63-31-29-60(45-70-63)73(16,17)18)50-36-55(67(7,8)9)43-56(37-50)68(10,11)12/h19-45H,1-18H3. The summed E-state index contributed by atoms with van der Waals surface area (Å²) in [6, 6.07) is 57.7. The molecule has 0 bridgehead atoms.